The summed E-state index contributed by atoms with van der Waals surface area (Å²) in [6.45, 7) is -2.90. The average Bonchev–Trinajstić information content (AvgIpc) is 3.21. The van der Waals surface area contributed by atoms with E-state index in [4.69, 9.17) is 14.2 Å². The predicted octanol–water partition coefficient (Wildman–Crippen LogP) is 4.04. The van der Waals surface area contributed by atoms with Gasteiger partial charge in [-0.3, -0.25) is 0 Å². The maximum Gasteiger partial charge on any atom is 0.387 e. The molecule has 4 rings (SSSR count). The Morgan fingerprint density at radius 2 is 1.90 bits per heavy atom. The lowest BCUT2D eigenvalue weighted by Crippen LogP contribution is -2.28. The number of nitrogens with one attached hydrogen (secondary N) is 1. The van der Waals surface area contributed by atoms with Gasteiger partial charge in [-0.15, -0.1) is 0 Å². The number of alkyl halides is 2. The summed E-state index contributed by atoms with van der Waals surface area (Å²) in [7, 11) is 3.19. The summed E-state index contributed by atoms with van der Waals surface area (Å²) in [5.41, 5.74) is 1.48. The molecule has 1 aliphatic rings. The van der Waals surface area contributed by atoms with E-state index in [1.807, 2.05) is 18.2 Å². The number of hydrogen-bond donors (Lipinski definition) is 1. The first-order valence-electron chi connectivity index (χ1n) is 9.02. The fraction of sp³-hybridized carbons (Fsp3) is 0.300. The van der Waals surface area contributed by atoms with Gasteiger partial charge in [-0.25, -0.2) is 4.68 Å². The van der Waals surface area contributed by atoms with Crippen molar-refractivity contribution in [3.8, 4) is 17.2 Å². The molecule has 2 atom stereocenters. The Morgan fingerprint density at radius 1 is 1.07 bits per heavy atom. The van der Waals surface area contributed by atoms with E-state index >= 15 is 0 Å². The summed E-state index contributed by atoms with van der Waals surface area (Å²) in [5, 5.41) is 7.60. The van der Waals surface area contributed by atoms with E-state index in [1.165, 1.54) is 12.4 Å². The molecule has 7 nitrogen and oxygen atoms in total. The van der Waals surface area contributed by atoms with E-state index in [2.05, 4.69) is 15.4 Å². The largest absolute Gasteiger partial charge is 0.497 e. The van der Waals surface area contributed by atoms with E-state index < -0.39 is 6.61 Å². The van der Waals surface area contributed by atoms with Crippen molar-refractivity contribution in [2.45, 2.75) is 25.1 Å². The summed E-state index contributed by atoms with van der Waals surface area (Å²) < 4.78 is 43.2. The van der Waals surface area contributed by atoms with Crippen LogP contribution in [0.2, 0.25) is 0 Å². The van der Waals surface area contributed by atoms with Crippen LogP contribution in [-0.2, 0) is 0 Å². The van der Waals surface area contributed by atoms with Crippen LogP contribution < -0.4 is 19.5 Å². The Morgan fingerprint density at radius 3 is 2.66 bits per heavy atom. The van der Waals surface area contributed by atoms with Gasteiger partial charge in [0.25, 0.3) is 0 Å². The third-order valence-electron chi connectivity index (χ3n) is 4.94. The van der Waals surface area contributed by atoms with E-state index in [1.54, 1.807) is 37.1 Å². The molecule has 1 aromatic heterocycles. The molecule has 0 radical (unpaired) electrons. The fourth-order valence-corrected chi connectivity index (χ4v) is 3.65. The number of aromatic nitrogens is 3. The first-order chi connectivity index (χ1) is 14.1. The monoisotopic (exact) mass is 402 g/mol. The highest BCUT2D eigenvalue weighted by Gasteiger charge is 2.33. The van der Waals surface area contributed by atoms with Crippen molar-refractivity contribution < 1.29 is 23.0 Å². The number of hydrogen-bond acceptors (Lipinski definition) is 6. The van der Waals surface area contributed by atoms with Gasteiger partial charge >= 0.3 is 6.61 Å². The highest BCUT2D eigenvalue weighted by atomic mass is 19.3. The first-order valence-corrected chi connectivity index (χ1v) is 9.02. The number of rotatable bonds is 6. The maximum absolute atomic E-state index is 12.9. The van der Waals surface area contributed by atoms with Gasteiger partial charge in [0, 0.05) is 11.1 Å². The second kappa shape index (κ2) is 7.94. The maximum atomic E-state index is 12.9. The summed E-state index contributed by atoms with van der Waals surface area (Å²) >= 11 is 0. The van der Waals surface area contributed by atoms with Crippen molar-refractivity contribution >= 4 is 5.95 Å². The third kappa shape index (κ3) is 3.67. The zero-order chi connectivity index (χ0) is 20.4. The highest BCUT2D eigenvalue weighted by Crippen LogP contribution is 2.43. The van der Waals surface area contributed by atoms with Gasteiger partial charge in [-0.05, 0) is 30.7 Å². The van der Waals surface area contributed by atoms with Crippen molar-refractivity contribution in [2.24, 2.45) is 0 Å². The van der Waals surface area contributed by atoms with Gasteiger partial charge in [-0.2, -0.15) is 18.9 Å². The van der Waals surface area contributed by atoms with Crippen LogP contribution in [0.25, 0.3) is 0 Å². The minimum Gasteiger partial charge on any atom is -0.497 e. The molecule has 1 N–H and O–H groups in total. The molecule has 2 heterocycles. The smallest absolute Gasteiger partial charge is 0.387 e. The zero-order valence-electron chi connectivity index (χ0n) is 15.9. The second-order valence-electron chi connectivity index (χ2n) is 6.50. The zero-order valence-corrected chi connectivity index (χ0v) is 15.9. The number of benzene rings is 2. The Bertz CT molecular complexity index is 995. The SMILES string of the molecule is COc1ccc(OC)c([C@@H]2C[C@@H](c3ccccc3OC(F)F)Nc3ncnn32)c1. The second-order valence-corrected chi connectivity index (χ2v) is 6.50. The van der Waals surface area contributed by atoms with Gasteiger partial charge < -0.3 is 19.5 Å². The van der Waals surface area contributed by atoms with E-state index in [0.717, 1.165) is 5.56 Å². The number of methoxy groups -OCH3 is 2. The van der Waals surface area contributed by atoms with E-state index in [0.29, 0.717) is 29.4 Å². The Labute approximate surface area is 166 Å². The average molecular weight is 402 g/mol. The van der Waals surface area contributed by atoms with Crippen molar-refractivity contribution in [1.29, 1.82) is 0 Å². The quantitative estimate of drug-likeness (QED) is 0.671. The molecule has 29 heavy (non-hydrogen) atoms. The normalized spacial score (nSPS) is 18.1. The van der Waals surface area contributed by atoms with Crippen LogP contribution in [0.4, 0.5) is 14.7 Å². The standard InChI is InChI=1S/C20H20F2N4O3/c1-27-12-7-8-17(28-2)14(9-12)16-10-15(25-20-23-11-24-26(16)20)13-5-3-4-6-18(13)29-19(21)22/h3-9,11,15-16,19H,10H2,1-2H3,(H,23,24,25)/t15-,16-/m0/s1. The lowest BCUT2D eigenvalue weighted by Gasteiger charge is -2.33. The topological polar surface area (TPSA) is 70.4 Å². The van der Waals surface area contributed by atoms with E-state index in [-0.39, 0.29) is 17.8 Å². The molecule has 3 aromatic rings. The molecule has 152 valence electrons. The molecule has 0 saturated heterocycles. The first kappa shape index (κ1) is 19.0. The molecule has 0 bridgehead atoms. The molecule has 0 amide bonds. The lowest BCUT2D eigenvalue weighted by molar-refractivity contribution is -0.0506. The molecule has 0 unspecified atom stereocenters. The molecule has 0 saturated carbocycles. The summed E-state index contributed by atoms with van der Waals surface area (Å²) in [6.07, 6.45) is 1.97. The fourth-order valence-electron chi connectivity index (χ4n) is 3.65. The highest BCUT2D eigenvalue weighted by molar-refractivity contribution is 5.48. The number of nitrogens with zero attached hydrogens (tertiary/aromatic N) is 3. The number of ether oxygens (including phenoxy) is 3. The number of halogens is 2. The number of fused-ring (bicyclic) bond motifs is 1. The molecular formula is C20H20F2N4O3. The molecule has 2 aromatic carbocycles. The van der Waals surface area contributed by atoms with Crippen LogP contribution in [0.1, 0.15) is 29.6 Å². The molecule has 0 fully saturated rings. The van der Waals surface area contributed by atoms with Crippen LogP contribution in [-0.4, -0.2) is 35.6 Å². The van der Waals surface area contributed by atoms with E-state index in [9.17, 15) is 8.78 Å². The summed E-state index contributed by atoms with van der Waals surface area (Å²) in [4.78, 5) is 4.28. The predicted molar refractivity (Wildman–Crippen MR) is 102 cm³/mol. The molecule has 1 aliphatic heterocycles. The minimum absolute atomic E-state index is 0.129. The summed E-state index contributed by atoms with van der Waals surface area (Å²) in [5.74, 6) is 2.02. The summed E-state index contributed by atoms with van der Waals surface area (Å²) in [6, 6.07) is 11.7. The van der Waals surface area contributed by atoms with Gasteiger partial charge in [0.1, 0.15) is 23.6 Å². The van der Waals surface area contributed by atoms with Crippen molar-refractivity contribution in [3.05, 3.63) is 59.9 Å². The van der Waals surface area contributed by atoms with Crippen LogP contribution in [0, 0.1) is 0 Å². The number of para-hydroxylation sites is 1. The minimum atomic E-state index is -2.90. The van der Waals surface area contributed by atoms with Gasteiger partial charge in [0.15, 0.2) is 0 Å². The van der Waals surface area contributed by atoms with Crippen LogP contribution in [0.15, 0.2) is 48.8 Å². The number of anilines is 1. The molecule has 0 spiro atoms. The van der Waals surface area contributed by atoms with Crippen molar-refractivity contribution in [2.75, 3.05) is 19.5 Å². The molecule has 9 heteroatoms. The van der Waals surface area contributed by atoms with Crippen LogP contribution in [0.5, 0.6) is 17.2 Å². The Hall–Kier alpha value is -3.36. The van der Waals surface area contributed by atoms with Crippen molar-refractivity contribution in [1.82, 2.24) is 14.8 Å². The van der Waals surface area contributed by atoms with Crippen LogP contribution >= 0.6 is 0 Å². The molecule has 0 aliphatic carbocycles. The van der Waals surface area contributed by atoms with Crippen molar-refractivity contribution in [3.63, 3.8) is 0 Å². The van der Waals surface area contributed by atoms with Crippen LogP contribution in [0.3, 0.4) is 0 Å². The van der Waals surface area contributed by atoms with Gasteiger partial charge in [-0.1, -0.05) is 18.2 Å². The van der Waals surface area contributed by atoms with Gasteiger partial charge in [0.2, 0.25) is 5.95 Å². The lowest BCUT2D eigenvalue weighted by atomic mass is 9.92. The Balaban J connectivity index is 1.77. The third-order valence-corrected chi connectivity index (χ3v) is 4.94. The Kier molecular flexibility index (Phi) is 5.20. The molecular weight excluding hydrogens is 382 g/mol. The van der Waals surface area contributed by atoms with Gasteiger partial charge in [0.05, 0.1) is 26.3 Å².